The van der Waals surface area contributed by atoms with Gasteiger partial charge in [-0.3, -0.25) is 19.9 Å². The van der Waals surface area contributed by atoms with Gasteiger partial charge < -0.3 is 95.3 Å². The van der Waals surface area contributed by atoms with E-state index >= 15 is 0 Å². The highest BCUT2D eigenvalue weighted by atomic mass is 16.5. The van der Waals surface area contributed by atoms with Crippen LogP contribution in [0.1, 0.15) is 78.2 Å². The van der Waals surface area contributed by atoms with Crippen LogP contribution in [0.2, 0.25) is 0 Å². The minimum Gasteiger partial charge on any atom is -0.492 e. The number of nitrogens with one attached hydrogen (secondary N) is 4. The SMILES string of the molecule is CCNCCOc1ccc2cc(-c3cn4cc(C)nc(C)c4n3)c(=O)oc2c1.COCCNCCOc1ccc2cc(-c3cn4cc(C)nc(C)c4n3)c(=O)oc2c1.Cc1cn2cc(-c3cc4ccc(N5CCC(NC(CO)CO)CC5)cc4oc3=O)nc2c(C)n1.Cc1cn2cc(-c3cc4ccc(OCCNCC5CCCO5)cc4oc3=O)nc2c(C)n1. The summed E-state index contributed by atoms with van der Waals surface area (Å²) in [5.74, 6) is 1.99. The highest BCUT2D eigenvalue weighted by Crippen LogP contribution is 2.32. The maximum atomic E-state index is 12.9. The molecule has 14 heterocycles. The number of ether oxygens (including phenoxy) is 5. The third kappa shape index (κ3) is 20.4. The number of aryl methyl sites for hydroxylation is 8. The largest absolute Gasteiger partial charge is 0.492 e. The number of rotatable bonds is 27. The van der Waals surface area contributed by atoms with Gasteiger partial charge in [0, 0.05) is 167 Å². The molecule has 32 nitrogen and oxygen atoms in total. The number of aliphatic hydroxyl groups is 2. The first-order valence-corrected chi connectivity index (χ1v) is 41.6. The van der Waals surface area contributed by atoms with E-state index in [4.69, 9.17) is 41.4 Å². The Morgan fingerprint density at radius 2 is 0.782 bits per heavy atom. The topological polar surface area (TPSA) is 380 Å². The number of benzene rings is 4. The molecule has 0 amide bonds. The number of nitrogens with zero attached hydrogens (tertiary/aromatic N) is 13. The van der Waals surface area contributed by atoms with E-state index in [0.29, 0.717) is 124 Å². The number of likely N-dealkylation sites (N-methyl/N-ethyl adjacent to an activating group) is 1. The smallest absolute Gasteiger partial charge is 0.345 e. The molecular weight excluding hydrogens is 1580 g/mol. The molecule has 2 fully saturated rings. The van der Waals surface area contributed by atoms with Gasteiger partial charge in [-0.2, -0.15) is 0 Å². The Labute approximate surface area is 711 Å². The Morgan fingerprint density at radius 3 is 1.14 bits per heavy atom. The Bertz CT molecular complexity index is 6770. The van der Waals surface area contributed by atoms with Crippen LogP contribution in [0, 0.1) is 55.4 Å². The average molecular weight is 1680 g/mol. The zero-order chi connectivity index (χ0) is 86.7. The van der Waals surface area contributed by atoms with Crippen LogP contribution in [0.5, 0.6) is 17.2 Å². The lowest BCUT2D eigenvalue weighted by molar-refractivity contribution is 0.109. The van der Waals surface area contributed by atoms with Gasteiger partial charge in [-0.15, -0.1) is 0 Å². The molecule has 0 saturated carbocycles. The first-order valence-electron chi connectivity index (χ1n) is 41.6. The molecule has 16 aromatic rings. The van der Waals surface area contributed by atoms with Crippen LogP contribution in [-0.2, 0) is 9.47 Å². The van der Waals surface area contributed by atoms with Crippen LogP contribution in [-0.4, -0.2) is 192 Å². The normalized spacial score (nSPS) is 13.7. The van der Waals surface area contributed by atoms with E-state index in [1.807, 2.05) is 196 Å². The van der Waals surface area contributed by atoms with Crippen molar-refractivity contribution >= 4 is 72.2 Å². The number of anilines is 1. The lowest BCUT2D eigenvalue weighted by Crippen LogP contribution is -2.48. The number of fused-ring (bicyclic) bond motifs is 8. The Kier molecular flexibility index (Phi) is 27.1. The van der Waals surface area contributed by atoms with Gasteiger partial charge in [-0.1, -0.05) is 6.92 Å². The van der Waals surface area contributed by atoms with Crippen LogP contribution in [0.3, 0.4) is 0 Å². The average Bonchev–Trinajstić information content (AvgIpc) is 1.66. The molecular formula is C92H101N17O15. The fraction of sp³-hybridized carbons (Fsp3) is 0.348. The molecule has 0 bridgehead atoms. The van der Waals surface area contributed by atoms with E-state index in [2.05, 4.69) is 66.0 Å². The fourth-order valence-corrected chi connectivity index (χ4v) is 15.4. The van der Waals surface area contributed by atoms with Crippen molar-refractivity contribution in [3.05, 3.63) is 234 Å². The predicted molar refractivity (Wildman–Crippen MR) is 474 cm³/mol. The summed E-state index contributed by atoms with van der Waals surface area (Å²) in [5.41, 5.74) is 14.9. The summed E-state index contributed by atoms with van der Waals surface area (Å²) >= 11 is 0. The summed E-state index contributed by atoms with van der Waals surface area (Å²) in [6.07, 6.45) is 19.2. The van der Waals surface area contributed by atoms with E-state index in [1.54, 1.807) is 37.4 Å². The third-order valence-corrected chi connectivity index (χ3v) is 21.4. The maximum Gasteiger partial charge on any atom is 0.345 e. The summed E-state index contributed by atoms with van der Waals surface area (Å²) in [6.45, 7) is 26.7. The summed E-state index contributed by atoms with van der Waals surface area (Å²) in [4.78, 5) is 89.2. The standard InChI is InChI=1S/C25H29N5O4.C24H26N4O4.C22H24N4O4.C21H22N4O3/c1-15-11-30-12-22(28-24(30)16(2)26-15)21-9-17-3-4-20(10-23(17)34-25(21)33)29-7-5-18(6-8-29)27-19(13-31)14-32;1-15-13-28-14-21(27-23(28)16(2)26-15)20-10-17-5-6-18(11-22(17)32-24(20)29)31-9-7-25-12-19-4-3-8-30-19;1-14-12-26-13-19(25-21(26)15(2)24-14)18-10-16-4-5-17(11-20(16)30-22(18)27)29-9-7-23-6-8-28-3;1-4-22-7-8-27-16-6-5-15-9-17(21(26)28-19(15)10-16)18-12-25-11-13(2)23-14(3)20(25)24-18/h3-4,9-12,18-19,27,31-32H,5-8,13-14H2,1-2H3;5-6,10-11,13-14,19,25H,3-4,7-9,12H2,1-2H3;4-5,10-13,23H,6-9H2,1-3H3;5-6,9-12,22H,4,7-8H2,1-3H3. The zero-order valence-electron chi connectivity index (χ0n) is 71.0. The quantitative estimate of drug-likeness (QED) is 0.0206. The van der Waals surface area contributed by atoms with Crippen molar-refractivity contribution in [3.63, 3.8) is 0 Å². The Hall–Kier alpha value is -12.9. The monoisotopic (exact) mass is 1680 g/mol. The molecule has 1 atom stereocenters. The highest BCUT2D eigenvalue weighted by molar-refractivity contribution is 5.87. The molecule has 1 unspecified atom stereocenters. The number of imidazole rings is 4. The van der Waals surface area contributed by atoms with Crippen molar-refractivity contribution in [2.75, 3.05) is 111 Å². The first kappa shape index (κ1) is 86.0. The molecule has 32 heteroatoms. The van der Waals surface area contributed by atoms with Crippen molar-refractivity contribution in [3.8, 4) is 62.3 Å². The van der Waals surface area contributed by atoms with Crippen LogP contribution in [0.15, 0.2) is 183 Å². The number of aromatic nitrogens is 12. The Balaban J connectivity index is 0.000000128. The van der Waals surface area contributed by atoms with Gasteiger partial charge in [0.15, 0.2) is 22.6 Å². The van der Waals surface area contributed by atoms with Crippen molar-refractivity contribution in [1.82, 2.24) is 78.7 Å². The van der Waals surface area contributed by atoms with Crippen LogP contribution >= 0.6 is 0 Å². The molecule has 6 N–H and O–H groups in total. The minimum absolute atomic E-state index is 0.0759. The molecule has 644 valence electrons. The van der Waals surface area contributed by atoms with E-state index in [-0.39, 0.29) is 25.3 Å². The van der Waals surface area contributed by atoms with Gasteiger partial charge in [0.1, 0.15) is 59.4 Å². The molecule has 2 aliphatic rings. The summed E-state index contributed by atoms with van der Waals surface area (Å²) in [5, 5.41) is 34.9. The fourth-order valence-electron chi connectivity index (χ4n) is 15.4. The second kappa shape index (κ2) is 39.1. The summed E-state index contributed by atoms with van der Waals surface area (Å²) in [7, 11) is 1.67. The molecule has 0 aliphatic carbocycles. The molecule has 2 saturated heterocycles. The van der Waals surface area contributed by atoms with Gasteiger partial charge in [-0.05, 0) is 160 Å². The van der Waals surface area contributed by atoms with E-state index in [1.165, 1.54) is 0 Å². The van der Waals surface area contributed by atoms with Gasteiger partial charge in [0.2, 0.25) is 0 Å². The number of hydrogen-bond acceptors (Lipinski definition) is 28. The molecule has 124 heavy (non-hydrogen) atoms. The van der Waals surface area contributed by atoms with E-state index in [0.717, 1.165) is 173 Å². The number of aliphatic hydroxyl groups excluding tert-OH is 2. The lowest BCUT2D eigenvalue weighted by atomic mass is 10.0. The van der Waals surface area contributed by atoms with Gasteiger partial charge in [-0.25, -0.2) is 39.1 Å². The first-order chi connectivity index (χ1) is 60.1. The number of hydrogen-bond donors (Lipinski definition) is 6. The number of methoxy groups -OCH3 is 1. The minimum atomic E-state index is -0.438. The second-order valence-corrected chi connectivity index (χ2v) is 30.9. The maximum absolute atomic E-state index is 12.9. The molecule has 4 aromatic carbocycles. The second-order valence-electron chi connectivity index (χ2n) is 30.9. The highest BCUT2D eigenvalue weighted by Gasteiger charge is 2.25. The van der Waals surface area contributed by atoms with Gasteiger partial charge in [0.05, 0.1) is 123 Å². The van der Waals surface area contributed by atoms with Crippen molar-refractivity contribution in [2.24, 2.45) is 0 Å². The van der Waals surface area contributed by atoms with Crippen LogP contribution < -0.4 is 62.9 Å². The van der Waals surface area contributed by atoms with Crippen molar-refractivity contribution in [1.29, 1.82) is 0 Å². The molecule has 2 aliphatic heterocycles. The van der Waals surface area contributed by atoms with Gasteiger partial charge >= 0.3 is 22.5 Å². The van der Waals surface area contributed by atoms with E-state index < -0.39 is 22.5 Å². The van der Waals surface area contributed by atoms with Gasteiger partial charge in [0.25, 0.3) is 0 Å². The van der Waals surface area contributed by atoms with Crippen molar-refractivity contribution < 1.29 is 51.6 Å². The molecule has 18 rings (SSSR count). The van der Waals surface area contributed by atoms with E-state index in [9.17, 15) is 29.4 Å². The molecule has 0 spiro atoms. The van der Waals surface area contributed by atoms with Crippen LogP contribution in [0.4, 0.5) is 5.69 Å². The molecule has 12 aromatic heterocycles. The van der Waals surface area contributed by atoms with Crippen LogP contribution in [0.25, 0.3) is 111 Å². The summed E-state index contributed by atoms with van der Waals surface area (Å²) in [6, 6.07) is 29.7. The predicted octanol–water partition coefficient (Wildman–Crippen LogP) is 11.1. The van der Waals surface area contributed by atoms with Crippen molar-refractivity contribution in [2.45, 2.75) is 106 Å². The zero-order valence-corrected chi connectivity index (χ0v) is 71.0. The third-order valence-electron chi connectivity index (χ3n) is 21.4. The Morgan fingerprint density at radius 1 is 0.427 bits per heavy atom. The number of piperidine rings is 1. The summed E-state index contributed by atoms with van der Waals surface area (Å²) < 4.78 is 57.8. The lowest BCUT2D eigenvalue weighted by Gasteiger charge is -2.35. The molecule has 0 radical (unpaired) electrons.